The van der Waals surface area contributed by atoms with Crippen molar-refractivity contribution in [3.05, 3.63) is 70.5 Å². The van der Waals surface area contributed by atoms with Crippen LogP contribution < -0.4 is 4.74 Å². The third kappa shape index (κ3) is 6.24. The summed E-state index contributed by atoms with van der Waals surface area (Å²) >= 11 is 7.39. The molecule has 0 aliphatic heterocycles. The van der Waals surface area contributed by atoms with Crippen molar-refractivity contribution in [1.82, 2.24) is 14.8 Å². The van der Waals surface area contributed by atoms with Crippen LogP contribution in [0.2, 0.25) is 5.02 Å². The molecular weight excluding hydrogens is 422 g/mol. The molecule has 1 heterocycles. The van der Waals surface area contributed by atoms with Crippen LogP contribution in [0.5, 0.6) is 5.75 Å². The summed E-state index contributed by atoms with van der Waals surface area (Å²) in [6, 6.07) is 15.5. The summed E-state index contributed by atoms with van der Waals surface area (Å²) in [6.45, 7) is 6.41. The molecule has 1 aromatic heterocycles. The molecule has 0 spiro atoms. The molecule has 0 saturated heterocycles. The molecule has 30 heavy (non-hydrogen) atoms. The van der Waals surface area contributed by atoms with Crippen molar-refractivity contribution >= 4 is 29.3 Å². The second-order valence-corrected chi connectivity index (χ2v) is 8.35. The SMILES string of the molecule is Cc1cc(OCc2nnc(SCC(=O)OC(C)C)n2Cc2ccccc2)ccc1Cl. The molecule has 0 fully saturated rings. The number of aryl methyl sites for hydroxylation is 1. The quantitative estimate of drug-likeness (QED) is 0.344. The van der Waals surface area contributed by atoms with Gasteiger partial charge in [-0.25, -0.2) is 0 Å². The highest BCUT2D eigenvalue weighted by Crippen LogP contribution is 2.23. The van der Waals surface area contributed by atoms with E-state index in [-0.39, 0.29) is 24.4 Å². The predicted molar refractivity (Wildman–Crippen MR) is 118 cm³/mol. The fraction of sp³-hybridized carbons (Fsp3) is 0.318. The van der Waals surface area contributed by atoms with E-state index in [2.05, 4.69) is 10.2 Å². The number of nitrogens with zero attached hydrogens (tertiary/aromatic N) is 3. The Hall–Kier alpha value is -2.51. The summed E-state index contributed by atoms with van der Waals surface area (Å²) in [7, 11) is 0. The van der Waals surface area contributed by atoms with Gasteiger partial charge < -0.3 is 9.47 Å². The van der Waals surface area contributed by atoms with Crippen LogP contribution >= 0.6 is 23.4 Å². The monoisotopic (exact) mass is 445 g/mol. The topological polar surface area (TPSA) is 66.2 Å². The van der Waals surface area contributed by atoms with Crippen LogP contribution in [0.1, 0.15) is 30.8 Å². The van der Waals surface area contributed by atoms with Crippen molar-refractivity contribution in [2.75, 3.05) is 5.75 Å². The number of hydrogen-bond acceptors (Lipinski definition) is 6. The van der Waals surface area contributed by atoms with Crippen LogP contribution in [0.4, 0.5) is 0 Å². The fourth-order valence-corrected chi connectivity index (χ4v) is 3.59. The lowest BCUT2D eigenvalue weighted by atomic mass is 10.2. The van der Waals surface area contributed by atoms with E-state index in [0.29, 0.717) is 28.3 Å². The average molecular weight is 446 g/mol. The predicted octanol–water partition coefficient (Wildman–Crippen LogP) is 4.91. The zero-order chi connectivity index (χ0) is 21.5. The number of rotatable bonds is 9. The highest BCUT2D eigenvalue weighted by molar-refractivity contribution is 7.99. The van der Waals surface area contributed by atoms with E-state index in [1.54, 1.807) is 0 Å². The van der Waals surface area contributed by atoms with Crippen LogP contribution in [-0.4, -0.2) is 32.6 Å². The first-order valence-electron chi connectivity index (χ1n) is 9.59. The normalized spacial score (nSPS) is 11.0. The van der Waals surface area contributed by atoms with Gasteiger partial charge in [-0.1, -0.05) is 53.7 Å². The fourth-order valence-electron chi connectivity index (χ4n) is 2.73. The minimum absolute atomic E-state index is 0.146. The summed E-state index contributed by atoms with van der Waals surface area (Å²) in [5, 5.41) is 9.91. The molecule has 8 heteroatoms. The van der Waals surface area contributed by atoms with Gasteiger partial charge in [0.15, 0.2) is 11.0 Å². The maximum absolute atomic E-state index is 11.9. The smallest absolute Gasteiger partial charge is 0.316 e. The molecule has 0 aliphatic rings. The van der Waals surface area contributed by atoms with Crippen molar-refractivity contribution < 1.29 is 14.3 Å². The van der Waals surface area contributed by atoms with E-state index in [0.717, 1.165) is 11.1 Å². The van der Waals surface area contributed by atoms with Gasteiger partial charge in [0.25, 0.3) is 0 Å². The standard InChI is InChI=1S/C22H24ClN3O3S/c1-15(2)29-21(27)14-30-22-25-24-20(26(22)12-17-7-5-4-6-8-17)13-28-18-9-10-19(23)16(3)11-18/h4-11,15H,12-14H2,1-3H3. The molecule has 0 amide bonds. The Morgan fingerprint density at radius 1 is 1.17 bits per heavy atom. The van der Waals surface area contributed by atoms with Gasteiger partial charge in [-0.05, 0) is 50.1 Å². The van der Waals surface area contributed by atoms with Crippen molar-refractivity contribution in [2.24, 2.45) is 0 Å². The Labute approximate surface area is 185 Å². The van der Waals surface area contributed by atoms with E-state index in [1.165, 1.54) is 11.8 Å². The van der Waals surface area contributed by atoms with Crippen molar-refractivity contribution in [1.29, 1.82) is 0 Å². The first-order valence-corrected chi connectivity index (χ1v) is 11.0. The molecule has 3 aromatic rings. The first kappa shape index (κ1) is 22.2. The van der Waals surface area contributed by atoms with Gasteiger partial charge in [0, 0.05) is 5.02 Å². The Balaban J connectivity index is 1.76. The molecule has 3 rings (SSSR count). The van der Waals surface area contributed by atoms with Gasteiger partial charge in [0.05, 0.1) is 18.4 Å². The van der Waals surface area contributed by atoms with E-state index in [9.17, 15) is 4.79 Å². The molecule has 158 valence electrons. The number of ether oxygens (including phenoxy) is 2. The molecule has 0 bridgehead atoms. The summed E-state index contributed by atoms with van der Waals surface area (Å²) in [5.41, 5.74) is 2.05. The maximum Gasteiger partial charge on any atom is 0.316 e. The van der Waals surface area contributed by atoms with E-state index in [1.807, 2.05) is 73.9 Å². The molecule has 0 aliphatic carbocycles. The lowest BCUT2D eigenvalue weighted by Crippen LogP contribution is -2.14. The third-order valence-electron chi connectivity index (χ3n) is 4.16. The average Bonchev–Trinajstić information content (AvgIpc) is 3.09. The highest BCUT2D eigenvalue weighted by Gasteiger charge is 2.16. The van der Waals surface area contributed by atoms with Gasteiger partial charge in [-0.15, -0.1) is 10.2 Å². The number of halogens is 1. The molecular formula is C22H24ClN3O3S. The van der Waals surface area contributed by atoms with Crippen LogP contribution in [0, 0.1) is 6.92 Å². The first-order chi connectivity index (χ1) is 14.4. The molecule has 0 saturated carbocycles. The number of hydrogen-bond donors (Lipinski definition) is 0. The molecule has 0 unspecified atom stereocenters. The van der Waals surface area contributed by atoms with Crippen molar-refractivity contribution in [3.8, 4) is 5.75 Å². The number of benzene rings is 2. The second kappa shape index (κ2) is 10.5. The molecule has 0 atom stereocenters. The van der Waals surface area contributed by atoms with Gasteiger partial charge in [-0.2, -0.15) is 0 Å². The Morgan fingerprint density at radius 3 is 2.63 bits per heavy atom. The van der Waals surface area contributed by atoms with Gasteiger partial charge in [-0.3, -0.25) is 9.36 Å². The van der Waals surface area contributed by atoms with Gasteiger partial charge >= 0.3 is 5.97 Å². The highest BCUT2D eigenvalue weighted by atomic mass is 35.5. The van der Waals surface area contributed by atoms with Crippen LogP contribution in [0.3, 0.4) is 0 Å². The molecule has 2 aromatic carbocycles. The van der Waals surface area contributed by atoms with Crippen molar-refractivity contribution in [2.45, 2.75) is 45.2 Å². The Morgan fingerprint density at radius 2 is 1.93 bits per heavy atom. The third-order valence-corrected chi connectivity index (χ3v) is 5.52. The van der Waals surface area contributed by atoms with Crippen LogP contribution in [0.25, 0.3) is 0 Å². The lowest BCUT2D eigenvalue weighted by molar-refractivity contribution is -0.144. The van der Waals surface area contributed by atoms with Crippen LogP contribution in [0.15, 0.2) is 53.7 Å². The molecule has 6 nitrogen and oxygen atoms in total. The van der Waals surface area contributed by atoms with E-state index < -0.39 is 0 Å². The molecule has 0 N–H and O–H groups in total. The lowest BCUT2D eigenvalue weighted by Gasteiger charge is -2.12. The summed E-state index contributed by atoms with van der Waals surface area (Å²) in [4.78, 5) is 11.9. The Bertz CT molecular complexity index is 993. The zero-order valence-corrected chi connectivity index (χ0v) is 18.7. The number of carbonyl (C=O) groups excluding carboxylic acids is 1. The van der Waals surface area contributed by atoms with E-state index >= 15 is 0 Å². The number of carbonyl (C=O) groups is 1. The summed E-state index contributed by atoms with van der Waals surface area (Å²) < 4.78 is 13.1. The largest absolute Gasteiger partial charge is 0.486 e. The van der Waals surface area contributed by atoms with Crippen molar-refractivity contribution in [3.63, 3.8) is 0 Å². The number of aromatic nitrogens is 3. The van der Waals surface area contributed by atoms with Gasteiger partial charge in [0.2, 0.25) is 0 Å². The summed E-state index contributed by atoms with van der Waals surface area (Å²) in [5.74, 6) is 1.27. The molecule has 0 radical (unpaired) electrons. The van der Waals surface area contributed by atoms with Crippen LogP contribution in [-0.2, 0) is 22.7 Å². The minimum atomic E-state index is -0.279. The Kier molecular flexibility index (Phi) is 7.76. The summed E-state index contributed by atoms with van der Waals surface area (Å²) in [6.07, 6.45) is -0.146. The minimum Gasteiger partial charge on any atom is -0.486 e. The zero-order valence-electron chi connectivity index (χ0n) is 17.2. The maximum atomic E-state index is 11.9. The number of esters is 1. The second-order valence-electron chi connectivity index (χ2n) is 7.00. The van der Waals surface area contributed by atoms with Gasteiger partial charge in [0.1, 0.15) is 12.4 Å². The van der Waals surface area contributed by atoms with E-state index in [4.69, 9.17) is 21.1 Å². The number of thioether (sulfide) groups is 1.